The van der Waals surface area contributed by atoms with Crippen LogP contribution in [-0.2, 0) is 11.2 Å². The number of carbonyl (C=O) groups excluding carboxylic acids is 1. The van der Waals surface area contributed by atoms with Gasteiger partial charge in [0.25, 0.3) is 0 Å². The summed E-state index contributed by atoms with van der Waals surface area (Å²) in [6.45, 7) is 4.58. The number of nitrogens with zero attached hydrogens (tertiary/aromatic N) is 1. The van der Waals surface area contributed by atoms with Crippen molar-refractivity contribution in [3.63, 3.8) is 0 Å². The number of aromatic hydroxyl groups is 1. The third-order valence-electron chi connectivity index (χ3n) is 5.33. The zero-order chi connectivity index (χ0) is 17.9. The number of phenols is 1. The maximum atomic E-state index is 11.8. The van der Waals surface area contributed by atoms with Crippen molar-refractivity contribution in [1.82, 2.24) is 0 Å². The van der Waals surface area contributed by atoms with Crippen LogP contribution in [0.15, 0.2) is 48.5 Å². The number of hydrogen-bond acceptors (Lipinski definition) is 2. The van der Waals surface area contributed by atoms with Gasteiger partial charge >= 0.3 is 0 Å². The Hall–Kier alpha value is -2.29. The smallest absolute Gasteiger partial charge is 0.214 e. The van der Waals surface area contributed by atoms with Crippen LogP contribution in [0.5, 0.6) is 5.75 Å². The van der Waals surface area contributed by atoms with Crippen LogP contribution in [0, 0.1) is 5.41 Å². The van der Waals surface area contributed by atoms with Gasteiger partial charge in [-0.25, -0.2) is 0 Å². The van der Waals surface area contributed by atoms with Gasteiger partial charge in [0.2, 0.25) is 6.41 Å². The summed E-state index contributed by atoms with van der Waals surface area (Å²) >= 11 is 0. The molecule has 0 saturated heterocycles. The Morgan fingerprint density at radius 3 is 2.40 bits per heavy atom. The maximum Gasteiger partial charge on any atom is 0.214 e. The van der Waals surface area contributed by atoms with Gasteiger partial charge in [0.15, 0.2) is 0 Å². The fourth-order valence-electron chi connectivity index (χ4n) is 3.76. The molecule has 132 valence electrons. The van der Waals surface area contributed by atoms with Gasteiger partial charge in [-0.3, -0.25) is 4.79 Å². The van der Waals surface area contributed by atoms with Crippen LogP contribution in [0.2, 0.25) is 0 Å². The molecule has 2 aromatic carbocycles. The van der Waals surface area contributed by atoms with Gasteiger partial charge in [-0.2, -0.15) is 0 Å². The van der Waals surface area contributed by atoms with E-state index in [2.05, 4.69) is 26.0 Å². The first-order valence-electron chi connectivity index (χ1n) is 9.07. The van der Waals surface area contributed by atoms with E-state index in [-0.39, 0.29) is 11.8 Å². The zero-order valence-corrected chi connectivity index (χ0v) is 15.1. The zero-order valence-electron chi connectivity index (χ0n) is 15.1. The van der Waals surface area contributed by atoms with Gasteiger partial charge in [0.1, 0.15) is 5.75 Å². The minimum atomic E-state index is 0.214. The summed E-state index contributed by atoms with van der Waals surface area (Å²) in [7, 11) is 0. The lowest BCUT2D eigenvalue weighted by Crippen LogP contribution is -2.39. The second-order valence-corrected chi connectivity index (χ2v) is 7.93. The van der Waals surface area contributed by atoms with Crippen molar-refractivity contribution in [2.24, 2.45) is 5.41 Å². The monoisotopic (exact) mass is 337 g/mol. The largest absolute Gasteiger partial charge is 0.508 e. The lowest BCUT2D eigenvalue weighted by molar-refractivity contribution is -0.108. The standard InChI is InChI=1S/C22H27NO2/c1-22(2)10-8-19(9-11-22)23(16-24)20-13-18(14-21(25)15-20)12-17-6-4-3-5-7-17/h3-7,13-16,19,25H,8-12H2,1-2H3. The Labute approximate surface area is 150 Å². The summed E-state index contributed by atoms with van der Waals surface area (Å²) in [5.74, 6) is 0.214. The predicted octanol–water partition coefficient (Wildman–Crippen LogP) is 4.91. The average Bonchev–Trinajstić information content (AvgIpc) is 2.57. The summed E-state index contributed by atoms with van der Waals surface area (Å²) < 4.78 is 0. The van der Waals surface area contributed by atoms with E-state index < -0.39 is 0 Å². The number of phenolic OH excluding ortho intramolecular Hbond substituents is 1. The molecule has 1 amide bonds. The van der Waals surface area contributed by atoms with Crippen LogP contribution in [0.25, 0.3) is 0 Å². The van der Waals surface area contributed by atoms with Crippen molar-refractivity contribution in [3.05, 3.63) is 59.7 Å². The SMILES string of the molecule is CC1(C)CCC(N(C=O)c2cc(O)cc(Cc3ccccc3)c2)CC1. The lowest BCUT2D eigenvalue weighted by atomic mass is 9.75. The molecular formula is C22H27NO2. The van der Waals surface area contributed by atoms with Crippen molar-refractivity contribution in [2.45, 2.75) is 52.0 Å². The topological polar surface area (TPSA) is 40.5 Å². The van der Waals surface area contributed by atoms with Gasteiger partial charge in [-0.15, -0.1) is 0 Å². The first kappa shape index (κ1) is 17.5. The molecule has 3 nitrogen and oxygen atoms in total. The van der Waals surface area contributed by atoms with E-state index in [0.717, 1.165) is 49.8 Å². The predicted molar refractivity (Wildman–Crippen MR) is 102 cm³/mol. The maximum absolute atomic E-state index is 11.8. The highest BCUT2D eigenvalue weighted by atomic mass is 16.3. The van der Waals surface area contributed by atoms with Gasteiger partial charge in [0.05, 0.1) is 0 Å². The Morgan fingerprint density at radius 1 is 1.08 bits per heavy atom. The van der Waals surface area contributed by atoms with Crippen molar-refractivity contribution in [3.8, 4) is 5.75 Å². The molecule has 1 aliphatic carbocycles. The van der Waals surface area contributed by atoms with E-state index in [1.54, 1.807) is 12.1 Å². The average molecular weight is 337 g/mol. The number of anilines is 1. The van der Waals surface area contributed by atoms with Gasteiger partial charge < -0.3 is 10.0 Å². The fourth-order valence-corrected chi connectivity index (χ4v) is 3.76. The second-order valence-electron chi connectivity index (χ2n) is 7.93. The lowest BCUT2D eigenvalue weighted by Gasteiger charge is -2.38. The molecule has 1 fully saturated rings. The summed E-state index contributed by atoms with van der Waals surface area (Å²) in [5, 5.41) is 10.2. The summed E-state index contributed by atoms with van der Waals surface area (Å²) in [4.78, 5) is 13.6. The molecule has 1 aliphatic rings. The van der Waals surface area contributed by atoms with E-state index in [4.69, 9.17) is 0 Å². The number of rotatable bonds is 5. The molecule has 1 N–H and O–H groups in total. The minimum absolute atomic E-state index is 0.214. The molecule has 3 heteroatoms. The summed E-state index contributed by atoms with van der Waals surface area (Å²) in [6.07, 6.45) is 5.93. The normalized spacial score (nSPS) is 17.2. The molecule has 1 saturated carbocycles. The van der Waals surface area contributed by atoms with Gasteiger partial charge in [-0.05, 0) is 60.8 Å². The van der Waals surface area contributed by atoms with Crippen molar-refractivity contribution in [1.29, 1.82) is 0 Å². The Balaban J connectivity index is 1.81. The first-order chi connectivity index (χ1) is 12.0. The Morgan fingerprint density at radius 2 is 1.76 bits per heavy atom. The molecule has 0 aromatic heterocycles. The number of benzene rings is 2. The minimum Gasteiger partial charge on any atom is -0.508 e. The first-order valence-corrected chi connectivity index (χ1v) is 9.07. The quantitative estimate of drug-likeness (QED) is 0.787. The van der Waals surface area contributed by atoms with E-state index in [1.807, 2.05) is 29.2 Å². The van der Waals surface area contributed by atoms with Crippen LogP contribution in [0.3, 0.4) is 0 Å². The molecule has 0 radical (unpaired) electrons. The van der Waals surface area contributed by atoms with E-state index in [9.17, 15) is 9.90 Å². The number of carbonyl (C=O) groups is 1. The highest BCUT2D eigenvalue weighted by Gasteiger charge is 2.30. The molecule has 0 atom stereocenters. The van der Waals surface area contributed by atoms with E-state index in [0.29, 0.717) is 5.41 Å². The summed E-state index contributed by atoms with van der Waals surface area (Å²) in [5.41, 5.74) is 3.37. The van der Waals surface area contributed by atoms with Crippen LogP contribution >= 0.6 is 0 Å². The molecule has 0 heterocycles. The fraction of sp³-hybridized carbons (Fsp3) is 0.409. The van der Waals surface area contributed by atoms with E-state index in [1.165, 1.54) is 5.56 Å². The van der Waals surface area contributed by atoms with Crippen LogP contribution in [0.1, 0.15) is 50.7 Å². The summed E-state index contributed by atoms with van der Waals surface area (Å²) in [6, 6.07) is 15.9. The van der Waals surface area contributed by atoms with Crippen molar-refractivity contribution < 1.29 is 9.90 Å². The molecule has 3 rings (SSSR count). The third-order valence-corrected chi connectivity index (χ3v) is 5.33. The molecule has 0 aliphatic heterocycles. The molecule has 2 aromatic rings. The van der Waals surface area contributed by atoms with E-state index >= 15 is 0 Å². The Kier molecular flexibility index (Phi) is 5.12. The molecule has 25 heavy (non-hydrogen) atoms. The number of amides is 1. The molecule has 0 unspecified atom stereocenters. The van der Waals surface area contributed by atoms with Crippen LogP contribution < -0.4 is 4.90 Å². The number of hydrogen-bond donors (Lipinski definition) is 1. The molecule has 0 bridgehead atoms. The highest BCUT2D eigenvalue weighted by molar-refractivity contribution is 5.77. The van der Waals surface area contributed by atoms with Crippen LogP contribution in [0.4, 0.5) is 5.69 Å². The van der Waals surface area contributed by atoms with Gasteiger partial charge in [0, 0.05) is 17.8 Å². The van der Waals surface area contributed by atoms with Crippen molar-refractivity contribution in [2.75, 3.05) is 4.90 Å². The Bertz CT molecular complexity index is 714. The molecular weight excluding hydrogens is 310 g/mol. The van der Waals surface area contributed by atoms with Crippen LogP contribution in [-0.4, -0.2) is 17.6 Å². The molecule has 0 spiro atoms. The highest BCUT2D eigenvalue weighted by Crippen LogP contribution is 2.38. The third kappa shape index (κ3) is 4.41. The van der Waals surface area contributed by atoms with Crippen molar-refractivity contribution >= 4 is 12.1 Å². The van der Waals surface area contributed by atoms with Gasteiger partial charge in [-0.1, -0.05) is 44.2 Å². The second kappa shape index (κ2) is 7.30.